The third-order valence-electron chi connectivity index (χ3n) is 6.34. The van der Waals surface area contributed by atoms with Crippen molar-refractivity contribution in [2.45, 2.75) is 44.2 Å². The van der Waals surface area contributed by atoms with E-state index in [-0.39, 0.29) is 30.3 Å². The van der Waals surface area contributed by atoms with Gasteiger partial charge < -0.3 is 29.2 Å². The summed E-state index contributed by atoms with van der Waals surface area (Å²) in [6.45, 7) is 5.64. The van der Waals surface area contributed by atoms with Crippen molar-refractivity contribution in [2.75, 3.05) is 33.6 Å². The van der Waals surface area contributed by atoms with Crippen molar-refractivity contribution in [3.63, 3.8) is 0 Å². The van der Waals surface area contributed by atoms with E-state index >= 15 is 0 Å². The molecule has 4 rings (SSSR count). The van der Waals surface area contributed by atoms with Crippen LogP contribution in [0, 0.1) is 13.8 Å². The zero-order valence-electron chi connectivity index (χ0n) is 20.3. The van der Waals surface area contributed by atoms with Crippen LogP contribution in [0.1, 0.15) is 27.3 Å². The number of likely N-dealkylation sites (N-methyl/N-ethyl adjacent to an activating group) is 1. The van der Waals surface area contributed by atoms with Gasteiger partial charge in [-0.2, -0.15) is 0 Å². The van der Waals surface area contributed by atoms with Crippen LogP contribution in [0.25, 0.3) is 10.9 Å². The number of hydrogen-bond acceptors (Lipinski definition) is 6. The molecule has 3 heterocycles. The topological polar surface area (TPSA) is 88.6 Å². The molecule has 9 heteroatoms. The number of nitrogens with zero attached hydrogens (tertiary/aromatic N) is 2. The highest BCUT2D eigenvalue weighted by atomic mass is 32.2. The van der Waals surface area contributed by atoms with Crippen molar-refractivity contribution in [1.29, 1.82) is 0 Å². The number of aromatic amines is 1. The lowest BCUT2D eigenvalue weighted by atomic mass is 10.1. The third-order valence-corrected chi connectivity index (χ3v) is 7.15. The second kappa shape index (κ2) is 10.4. The van der Waals surface area contributed by atoms with E-state index in [2.05, 4.69) is 19.8 Å². The Labute approximate surface area is 203 Å². The van der Waals surface area contributed by atoms with Crippen molar-refractivity contribution in [3.8, 4) is 0 Å². The summed E-state index contributed by atoms with van der Waals surface area (Å²) in [5.41, 5.74) is 3.58. The number of carbonyl (C=O) groups excluding carboxylic acids is 1. The Bertz CT molecular complexity index is 1240. The molecule has 0 radical (unpaired) electrons. The van der Waals surface area contributed by atoms with Crippen molar-refractivity contribution < 1.29 is 14.3 Å². The number of fused-ring (bicyclic) bond motifs is 1. The molecule has 1 aromatic carbocycles. The van der Waals surface area contributed by atoms with Crippen LogP contribution in [0.15, 0.2) is 40.0 Å². The van der Waals surface area contributed by atoms with Crippen molar-refractivity contribution in [1.82, 2.24) is 19.8 Å². The largest absolute Gasteiger partial charge is 0.349 e. The van der Waals surface area contributed by atoms with Gasteiger partial charge in [0.25, 0.3) is 11.5 Å². The number of pyridine rings is 1. The number of aryl methyl sites for hydroxylation is 1. The summed E-state index contributed by atoms with van der Waals surface area (Å²) in [7, 11) is 4.03. The number of amides is 1. The number of ether oxygens (including phenoxy) is 2. The Kier molecular flexibility index (Phi) is 7.47. The first-order valence-electron chi connectivity index (χ1n) is 11.3. The van der Waals surface area contributed by atoms with Gasteiger partial charge in [0.1, 0.15) is 0 Å². The van der Waals surface area contributed by atoms with Gasteiger partial charge >= 0.3 is 0 Å². The second-order valence-corrected chi connectivity index (χ2v) is 9.66. The lowest BCUT2D eigenvalue weighted by molar-refractivity contribution is -0.206. The van der Waals surface area contributed by atoms with Crippen LogP contribution in [0.4, 0.5) is 0 Å². The number of para-hydroxylation sites is 1. The lowest BCUT2D eigenvalue weighted by Crippen LogP contribution is -2.45. The van der Waals surface area contributed by atoms with Gasteiger partial charge in [-0.05, 0) is 46.3 Å². The molecule has 2 N–H and O–H groups in total. The number of thioether (sulfide) groups is 1. The second-order valence-electron chi connectivity index (χ2n) is 8.81. The maximum absolute atomic E-state index is 13.3. The average molecular weight is 485 g/mol. The molecule has 1 saturated heterocycles. The van der Waals surface area contributed by atoms with Gasteiger partial charge in [0.2, 0.25) is 0 Å². The van der Waals surface area contributed by atoms with Gasteiger partial charge in [0.05, 0.1) is 31.4 Å². The van der Waals surface area contributed by atoms with Crippen LogP contribution >= 0.6 is 11.8 Å². The molecular weight excluding hydrogens is 452 g/mol. The quantitative estimate of drug-likeness (QED) is 0.502. The van der Waals surface area contributed by atoms with Crippen molar-refractivity contribution >= 4 is 28.6 Å². The molecule has 3 aromatic rings. The Morgan fingerprint density at radius 3 is 2.62 bits per heavy atom. The number of aromatic nitrogens is 2. The summed E-state index contributed by atoms with van der Waals surface area (Å²) in [5.74, 6) is -0.211. The van der Waals surface area contributed by atoms with Gasteiger partial charge in [0.15, 0.2) is 6.29 Å². The number of H-pyrrole nitrogens is 1. The van der Waals surface area contributed by atoms with E-state index in [1.165, 1.54) is 11.8 Å². The number of carbonyl (C=O) groups is 1. The van der Waals surface area contributed by atoms with Crippen LogP contribution < -0.4 is 10.9 Å². The summed E-state index contributed by atoms with van der Waals surface area (Å²) in [5, 5.41) is 3.83. The summed E-state index contributed by atoms with van der Waals surface area (Å²) in [6.07, 6.45) is 1.55. The third kappa shape index (κ3) is 4.93. The highest BCUT2D eigenvalue weighted by Gasteiger charge is 2.27. The molecule has 182 valence electrons. The molecule has 1 amide bonds. The molecule has 34 heavy (non-hydrogen) atoms. The first-order valence-corrected chi connectivity index (χ1v) is 12.5. The van der Waals surface area contributed by atoms with Gasteiger partial charge in [0, 0.05) is 39.3 Å². The fourth-order valence-corrected chi connectivity index (χ4v) is 5.04. The molecule has 1 fully saturated rings. The molecule has 0 aliphatic carbocycles. The van der Waals surface area contributed by atoms with Crippen LogP contribution in [-0.2, 0) is 22.6 Å². The molecule has 1 aliphatic heterocycles. The minimum absolute atomic E-state index is 0.157. The van der Waals surface area contributed by atoms with Gasteiger partial charge in [-0.25, -0.2) is 0 Å². The fraction of sp³-hybridized carbons (Fsp3) is 0.440. The summed E-state index contributed by atoms with van der Waals surface area (Å²) in [6, 6.07) is 9.99. The molecule has 8 nitrogen and oxygen atoms in total. The molecule has 1 aliphatic rings. The van der Waals surface area contributed by atoms with Crippen molar-refractivity contribution in [2.24, 2.45) is 0 Å². The van der Waals surface area contributed by atoms with Crippen LogP contribution in [0.3, 0.4) is 0 Å². The smallest absolute Gasteiger partial charge is 0.254 e. The van der Waals surface area contributed by atoms with E-state index in [1.54, 1.807) is 0 Å². The Hall–Kier alpha value is -2.59. The van der Waals surface area contributed by atoms with E-state index in [4.69, 9.17) is 9.47 Å². The van der Waals surface area contributed by atoms with E-state index < -0.39 is 0 Å². The van der Waals surface area contributed by atoms with Gasteiger partial charge in [-0.15, -0.1) is 11.8 Å². The first-order chi connectivity index (χ1) is 16.3. The monoisotopic (exact) mass is 484 g/mol. The Morgan fingerprint density at radius 2 is 1.94 bits per heavy atom. The first kappa shape index (κ1) is 24.5. The van der Waals surface area contributed by atoms with Gasteiger partial charge in [-0.1, -0.05) is 18.2 Å². The zero-order valence-corrected chi connectivity index (χ0v) is 21.1. The molecule has 0 saturated carbocycles. The molecule has 0 unspecified atom stereocenters. The maximum Gasteiger partial charge on any atom is 0.254 e. The summed E-state index contributed by atoms with van der Waals surface area (Å²) in [4.78, 5) is 31.6. The van der Waals surface area contributed by atoms with Crippen LogP contribution in [0.2, 0.25) is 0 Å². The maximum atomic E-state index is 13.3. The van der Waals surface area contributed by atoms with E-state index in [9.17, 15) is 9.59 Å². The van der Waals surface area contributed by atoms with Gasteiger partial charge in [-0.3, -0.25) is 9.59 Å². The summed E-state index contributed by atoms with van der Waals surface area (Å²) >= 11 is 1.50. The van der Waals surface area contributed by atoms with E-state index in [1.807, 2.05) is 64.5 Å². The average Bonchev–Trinajstić information content (AvgIpc) is 3.09. The summed E-state index contributed by atoms with van der Waals surface area (Å²) < 4.78 is 14.0. The highest BCUT2D eigenvalue weighted by molar-refractivity contribution is 7.98. The predicted molar refractivity (Wildman–Crippen MR) is 135 cm³/mol. The standard InChI is InChI=1S/C25H32N4O4S/c1-15-10-21(34-5)19(24(30)27-15)11-26-25(31)23-16(2)29(20-9-7-6-8-18(20)23)12-22-32-13-17(14-33-22)28(3)4/h6-10,17,22H,11-14H2,1-5H3,(H,26,31)(H,27,30). The normalized spacial score (nSPS) is 18.5. The van der Waals surface area contributed by atoms with Crippen molar-refractivity contribution in [3.05, 3.63) is 63.2 Å². The minimum Gasteiger partial charge on any atom is -0.349 e. The number of benzene rings is 1. The molecular formula is C25H32N4O4S. The highest BCUT2D eigenvalue weighted by Crippen LogP contribution is 2.27. The lowest BCUT2D eigenvalue weighted by Gasteiger charge is -2.33. The molecule has 0 bridgehead atoms. The Morgan fingerprint density at radius 1 is 1.24 bits per heavy atom. The SMILES string of the molecule is CSc1cc(C)[nH]c(=O)c1CNC(=O)c1c(C)n(CC2OCC(N(C)C)CO2)c2ccccc12. The number of hydrogen-bond donors (Lipinski definition) is 2. The zero-order chi connectivity index (χ0) is 24.4. The Balaban J connectivity index is 1.57. The van der Waals surface area contributed by atoms with E-state index in [0.29, 0.717) is 30.9 Å². The minimum atomic E-state index is -0.378. The fourth-order valence-electron chi connectivity index (χ4n) is 4.33. The predicted octanol–water partition coefficient (Wildman–Crippen LogP) is 2.90. The molecule has 0 spiro atoms. The molecule has 0 atom stereocenters. The van der Waals surface area contributed by atoms with E-state index in [0.717, 1.165) is 27.2 Å². The molecule has 2 aromatic heterocycles. The number of nitrogens with one attached hydrogen (secondary N) is 2. The van der Waals surface area contributed by atoms with Crippen LogP contribution in [0.5, 0.6) is 0 Å². The van der Waals surface area contributed by atoms with Crippen LogP contribution in [-0.4, -0.2) is 66.3 Å². The number of rotatable bonds is 7.